The van der Waals surface area contributed by atoms with Crippen LogP contribution in [0.5, 0.6) is 0 Å². The number of hydrogen-bond acceptors (Lipinski definition) is 6. The van der Waals surface area contributed by atoms with Gasteiger partial charge in [0.15, 0.2) is 5.16 Å². The van der Waals surface area contributed by atoms with Crippen LogP contribution in [0.15, 0.2) is 35.5 Å². The molecule has 0 saturated carbocycles. The minimum absolute atomic E-state index is 0.740. The fourth-order valence-corrected chi connectivity index (χ4v) is 2.08. The number of thioether (sulfide) groups is 1. The Morgan fingerprint density at radius 1 is 1.05 bits per heavy atom. The normalized spacial score (nSPS) is 10.2. The number of anilines is 4. The largest absolute Gasteiger partial charge is 0.378 e. The van der Waals surface area contributed by atoms with Crippen molar-refractivity contribution in [2.75, 3.05) is 42.9 Å². The summed E-state index contributed by atoms with van der Waals surface area (Å²) in [5, 5.41) is 7.08. The molecule has 2 rings (SSSR count). The molecule has 2 N–H and O–H groups in total. The van der Waals surface area contributed by atoms with Crippen LogP contribution in [0.3, 0.4) is 0 Å². The third-order valence-corrected chi connectivity index (χ3v) is 3.35. The molecule has 0 fully saturated rings. The van der Waals surface area contributed by atoms with Gasteiger partial charge in [0.05, 0.1) is 0 Å². The van der Waals surface area contributed by atoms with Crippen LogP contribution in [0, 0.1) is 0 Å². The molecular formula is C14H19N5S. The van der Waals surface area contributed by atoms with Gasteiger partial charge in [-0.3, -0.25) is 0 Å². The lowest BCUT2D eigenvalue weighted by atomic mass is 10.2. The Balaban J connectivity index is 2.20. The molecule has 20 heavy (non-hydrogen) atoms. The van der Waals surface area contributed by atoms with Crippen LogP contribution in [0.2, 0.25) is 0 Å². The lowest BCUT2D eigenvalue weighted by molar-refractivity contribution is 0.977. The number of nitrogens with zero attached hydrogens (tertiary/aromatic N) is 3. The van der Waals surface area contributed by atoms with Crippen LogP contribution in [-0.2, 0) is 0 Å². The van der Waals surface area contributed by atoms with Gasteiger partial charge in [0.1, 0.15) is 11.6 Å². The minimum Gasteiger partial charge on any atom is -0.378 e. The second kappa shape index (κ2) is 6.47. The van der Waals surface area contributed by atoms with Crippen LogP contribution < -0.4 is 15.5 Å². The Morgan fingerprint density at radius 3 is 2.25 bits per heavy atom. The highest BCUT2D eigenvalue weighted by atomic mass is 32.2. The first kappa shape index (κ1) is 14.5. The van der Waals surface area contributed by atoms with E-state index in [1.54, 1.807) is 0 Å². The molecule has 1 aromatic carbocycles. The van der Waals surface area contributed by atoms with Crippen molar-refractivity contribution >= 4 is 34.8 Å². The lowest BCUT2D eigenvalue weighted by Crippen LogP contribution is -2.08. The van der Waals surface area contributed by atoms with E-state index < -0.39 is 0 Å². The fourth-order valence-electron chi connectivity index (χ4n) is 1.70. The van der Waals surface area contributed by atoms with Gasteiger partial charge in [-0.15, -0.1) is 0 Å². The molecule has 0 saturated heterocycles. The van der Waals surface area contributed by atoms with Crippen LogP contribution in [0.4, 0.5) is 23.0 Å². The zero-order valence-electron chi connectivity index (χ0n) is 12.1. The molecule has 0 bridgehead atoms. The van der Waals surface area contributed by atoms with E-state index in [-0.39, 0.29) is 0 Å². The highest BCUT2D eigenvalue weighted by Gasteiger charge is 2.04. The number of hydrogen-bond donors (Lipinski definition) is 2. The summed E-state index contributed by atoms with van der Waals surface area (Å²) < 4.78 is 0. The average molecular weight is 289 g/mol. The summed E-state index contributed by atoms with van der Waals surface area (Å²) in [6, 6.07) is 10.1. The quantitative estimate of drug-likeness (QED) is 0.652. The number of rotatable bonds is 5. The molecule has 5 nitrogen and oxygen atoms in total. The second-order valence-electron chi connectivity index (χ2n) is 4.44. The third-order valence-electron chi connectivity index (χ3n) is 2.80. The molecule has 0 aliphatic rings. The average Bonchev–Trinajstić information content (AvgIpc) is 2.47. The molecule has 0 atom stereocenters. The van der Waals surface area contributed by atoms with E-state index in [1.807, 2.05) is 45.6 Å². The van der Waals surface area contributed by atoms with Gasteiger partial charge in [-0.1, -0.05) is 11.8 Å². The molecule has 0 amide bonds. The lowest BCUT2D eigenvalue weighted by Gasteiger charge is -2.13. The zero-order valence-corrected chi connectivity index (χ0v) is 13.0. The molecule has 6 heteroatoms. The van der Waals surface area contributed by atoms with Crippen molar-refractivity contribution in [3.05, 3.63) is 30.3 Å². The predicted molar refractivity (Wildman–Crippen MR) is 87.4 cm³/mol. The Morgan fingerprint density at radius 2 is 1.70 bits per heavy atom. The van der Waals surface area contributed by atoms with Crippen molar-refractivity contribution in [3.8, 4) is 0 Å². The first-order valence-corrected chi connectivity index (χ1v) is 7.50. The van der Waals surface area contributed by atoms with Crippen molar-refractivity contribution in [1.29, 1.82) is 0 Å². The standard InChI is InChI=1S/C14H19N5S/c1-15-12-9-13(18-14(17-12)20-4)16-10-5-7-11(8-6-10)19(2)3/h5-9H,1-4H3,(H2,15,16,17,18). The maximum absolute atomic E-state index is 4.44. The van der Waals surface area contributed by atoms with E-state index in [2.05, 4.69) is 37.6 Å². The van der Waals surface area contributed by atoms with E-state index in [0.29, 0.717) is 0 Å². The summed E-state index contributed by atoms with van der Waals surface area (Å²) in [6.07, 6.45) is 1.96. The van der Waals surface area contributed by atoms with Crippen LogP contribution in [0.25, 0.3) is 0 Å². The molecule has 0 unspecified atom stereocenters. The highest BCUT2D eigenvalue weighted by Crippen LogP contribution is 2.22. The Labute approximate surface area is 123 Å². The van der Waals surface area contributed by atoms with E-state index in [4.69, 9.17) is 0 Å². The number of aromatic nitrogens is 2. The van der Waals surface area contributed by atoms with Gasteiger partial charge in [0, 0.05) is 38.6 Å². The van der Waals surface area contributed by atoms with Crippen molar-refractivity contribution in [3.63, 3.8) is 0 Å². The summed E-state index contributed by atoms with van der Waals surface area (Å²) >= 11 is 1.52. The van der Waals surface area contributed by atoms with Gasteiger partial charge in [-0.2, -0.15) is 0 Å². The van der Waals surface area contributed by atoms with Gasteiger partial charge in [-0.05, 0) is 30.5 Å². The van der Waals surface area contributed by atoms with Gasteiger partial charge >= 0.3 is 0 Å². The van der Waals surface area contributed by atoms with Gasteiger partial charge in [-0.25, -0.2) is 9.97 Å². The summed E-state index contributed by atoms with van der Waals surface area (Å²) in [5.74, 6) is 1.59. The maximum Gasteiger partial charge on any atom is 0.191 e. The zero-order chi connectivity index (χ0) is 14.5. The summed E-state index contributed by atoms with van der Waals surface area (Å²) in [7, 11) is 5.90. The minimum atomic E-state index is 0.740. The molecular weight excluding hydrogens is 270 g/mol. The first-order valence-electron chi connectivity index (χ1n) is 6.27. The molecule has 106 valence electrons. The van der Waals surface area contributed by atoms with E-state index in [9.17, 15) is 0 Å². The van der Waals surface area contributed by atoms with Crippen molar-refractivity contribution in [2.24, 2.45) is 0 Å². The molecule has 2 aromatic rings. The van der Waals surface area contributed by atoms with Crippen LogP contribution >= 0.6 is 11.8 Å². The highest BCUT2D eigenvalue weighted by molar-refractivity contribution is 7.98. The van der Waals surface area contributed by atoms with Crippen molar-refractivity contribution < 1.29 is 0 Å². The molecule has 0 radical (unpaired) electrons. The molecule has 0 aliphatic heterocycles. The van der Waals surface area contributed by atoms with Gasteiger partial charge in [0.25, 0.3) is 0 Å². The molecule has 0 aliphatic carbocycles. The van der Waals surface area contributed by atoms with Gasteiger partial charge in [0.2, 0.25) is 0 Å². The molecule has 1 heterocycles. The first-order chi connectivity index (χ1) is 9.62. The van der Waals surface area contributed by atoms with Crippen LogP contribution in [0.1, 0.15) is 0 Å². The molecule has 0 spiro atoms. The van der Waals surface area contributed by atoms with Crippen molar-refractivity contribution in [2.45, 2.75) is 5.16 Å². The SMILES string of the molecule is CNc1cc(Nc2ccc(N(C)C)cc2)nc(SC)n1. The third kappa shape index (κ3) is 3.54. The number of nitrogens with one attached hydrogen (secondary N) is 2. The Bertz CT molecular complexity index is 546. The van der Waals surface area contributed by atoms with E-state index in [1.165, 1.54) is 17.4 Å². The maximum atomic E-state index is 4.44. The van der Waals surface area contributed by atoms with Crippen molar-refractivity contribution in [1.82, 2.24) is 9.97 Å². The van der Waals surface area contributed by atoms with Crippen LogP contribution in [-0.4, -0.2) is 37.4 Å². The predicted octanol–water partition coefficient (Wildman–Crippen LogP) is 3.05. The topological polar surface area (TPSA) is 53.1 Å². The number of benzene rings is 1. The Kier molecular flexibility index (Phi) is 4.68. The molecule has 1 aromatic heterocycles. The second-order valence-corrected chi connectivity index (χ2v) is 5.21. The smallest absolute Gasteiger partial charge is 0.191 e. The summed E-state index contributed by atoms with van der Waals surface area (Å²) in [6.45, 7) is 0. The van der Waals surface area contributed by atoms with E-state index >= 15 is 0 Å². The monoisotopic (exact) mass is 289 g/mol. The van der Waals surface area contributed by atoms with Gasteiger partial charge < -0.3 is 15.5 Å². The fraction of sp³-hybridized carbons (Fsp3) is 0.286. The summed E-state index contributed by atoms with van der Waals surface area (Å²) in [5.41, 5.74) is 2.17. The Hall–Kier alpha value is -1.95. The summed E-state index contributed by atoms with van der Waals surface area (Å²) in [4.78, 5) is 10.9. The van der Waals surface area contributed by atoms with E-state index in [0.717, 1.165) is 22.5 Å².